The minimum atomic E-state index is -0.182. The summed E-state index contributed by atoms with van der Waals surface area (Å²) < 4.78 is 11.4. The Morgan fingerprint density at radius 3 is 2.35 bits per heavy atom. The van der Waals surface area contributed by atoms with Gasteiger partial charge in [0.2, 0.25) is 5.91 Å². The Balaban J connectivity index is 1.29. The Labute approximate surface area is 191 Å². The highest BCUT2D eigenvalue weighted by atomic mass is 32.1. The number of amides is 1. The maximum Gasteiger partial charge on any atom is 0.232 e. The molecule has 0 atom stereocenters. The number of carbonyl (C=O) groups is 1. The van der Waals surface area contributed by atoms with E-state index in [4.69, 9.17) is 21.7 Å². The van der Waals surface area contributed by atoms with Crippen molar-refractivity contribution in [2.24, 2.45) is 29.1 Å². The second kappa shape index (κ2) is 9.35. The van der Waals surface area contributed by atoms with Gasteiger partial charge >= 0.3 is 0 Å². The zero-order chi connectivity index (χ0) is 22.0. The van der Waals surface area contributed by atoms with Crippen molar-refractivity contribution in [1.29, 1.82) is 0 Å². The molecule has 4 aliphatic rings. The average molecular weight is 445 g/mol. The molecule has 1 aromatic rings. The summed E-state index contributed by atoms with van der Waals surface area (Å²) in [4.78, 5) is 13.1. The highest BCUT2D eigenvalue weighted by Crippen LogP contribution is 2.60. The summed E-state index contributed by atoms with van der Waals surface area (Å²) in [6.07, 6.45) is 8.12. The van der Waals surface area contributed by atoms with Crippen LogP contribution in [-0.4, -0.2) is 24.7 Å². The molecule has 4 fully saturated rings. The van der Waals surface area contributed by atoms with Crippen molar-refractivity contribution in [3.8, 4) is 11.5 Å². The number of benzene rings is 1. The van der Waals surface area contributed by atoms with Crippen LogP contribution >= 0.6 is 12.2 Å². The first kappa shape index (κ1) is 22.4. The summed E-state index contributed by atoms with van der Waals surface area (Å²) in [5, 5.41) is 6.62. The van der Waals surface area contributed by atoms with Gasteiger partial charge in [-0.05, 0) is 98.5 Å². The minimum Gasteiger partial charge on any atom is -0.493 e. The van der Waals surface area contributed by atoms with Crippen LogP contribution in [0.1, 0.15) is 64.4 Å². The predicted octanol–water partition coefficient (Wildman–Crippen LogP) is 4.83. The van der Waals surface area contributed by atoms with E-state index in [1.807, 2.05) is 18.2 Å². The molecule has 0 aromatic heterocycles. The number of rotatable bonds is 8. The Bertz CT molecular complexity index is 788. The highest BCUT2D eigenvalue weighted by molar-refractivity contribution is 7.80. The average Bonchev–Trinajstić information content (AvgIpc) is 2.71. The molecule has 6 heteroatoms. The van der Waals surface area contributed by atoms with Gasteiger partial charge in [0.05, 0.1) is 19.1 Å². The van der Waals surface area contributed by atoms with Crippen LogP contribution in [0.3, 0.4) is 0 Å². The van der Waals surface area contributed by atoms with Gasteiger partial charge in [0.15, 0.2) is 16.6 Å². The second-order valence-corrected chi connectivity index (χ2v) is 10.8. The van der Waals surface area contributed by atoms with E-state index in [9.17, 15) is 4.79 Å². The van der Waals surface area contributed by atoms with E-state index in [0.717, 1.165) is 54.7 Å². The van der Waals surface area contributed by atoms with Crippen molar-refractivity contribution >= 4 is 23.2 Å². The van der Waals surface area contributed by atoms with Gasteiger partial charge in [-0.25, -0.2) is 0 Å². The molecule has 0 radical (unpaired) electrons. The first-order valence-corrected chi connectivity index (χ1v) is 12.2. The Hall–Kier alpha value is -1.82. The highest BCUT2D eigenvalue weighted by Gasteiger charge is 2.54. The zero-order valence-electron chi connectivity index (χ0n) is 19.0. The zero-order valence-corrected chi connectivity index (χ0v) is 19.9. The van der Waals surface area contributed by atoms with Gasteiger partial charge in [-0.1, -0.05) is 19.9 Å². The molecular formula is C25H36N2O3S. The number of methoxy groups -OCH3 is 1. The van der Waals surface area contributed by atoms with Crippen molar-refractivity contribution in [1.82, 2.24) is 10.6 Å². The third-order valence-corrected chi connectivity index (χ3v) is 7.63. The van der Waals surface area contributed by atoms with E-state index >= 15 is 0 Å². The molecule has 4 bridgehead atoms. The van der Waals surface area contributed by atoms with Gasteiger partial charge in [-0.3, -0.25) is 4.79 Å². The first-order chi connectivity index (χ1) is 14.9. The predicted molar refractivity (Wildman–Crippen MR) is 126 cm³/mol. The number of carbonyl (C=O) groups excluding carboxylic acids is 1. The van der Waals surface area contributed by atoms with Crippen molar-refractivity contribution < 1.29 is 14.3 Å². The van der Waals surface area contributed by atoms with Crippen molar-refractivity contribution in [3.63, 3.8) is 0 Å². The lowest BCUT2D eigenvalue weighted by Crippen LogP contribution is -2.55. The van der Waals surface area contributed by atoms with Crippen LogP contribution in [0.5, 0.6) is 11.5 Å². The summed E-state index contributed by atoms with van der Waals surface area (Å²) in [6.45, 7) is 5.56. The van der Waals surface area contributed by atoms with Crippen LogP contribution in [0.15, 0.2) is 18.2 Å². The van der Waals surface area contributed by atoms with Crippen molar-refractivity contribution in [2.75, 3.05) is 13.7 Å². The molecule has 31 heavy (non-hydrogen) atoms. The van der Waals surface area contributed by atoms with Crippen molar-refractivity contribution in [3.05, 3.63) is 23.8 Å². The molecule has 1 aromatic carbocycles. The van der Waals surface area contributed by atoms with Gasteiger partial charge < -0.3 is 20.1 Å². The maximum absolute atomic E-state index is 13.1. The third kappa shape index (κ3) is 5.16. The topological polar surface area (TPSA) is 59.6 Å². The molecule has 4 aliphatic carbocycles. The first-order valence-electron chi connectivity index (χ1n) is 11.8. The largest absolute Gasteiger partial charge is 0.493 e. The number of thiocarbonyl (C=S) groups is 1. The SMILES string of the molecule is COc1cc(CNC(=S)NC(=O)C23CC4CC(CC(C4)C2)C3)ccc1OCCC(C)C. The summed E-state index contributed by atoms with van der Waals surface area (Å²) in [7, 11) is 1.65. The van der Waals surface area contributed by atoms with Gasteiger partial charge in [0.25, 0.3) is 0 Å². The molecule has 0 heterocycles. The van der Waals surface area contributed by atoms with Crippen LogP contribution in [0.25, 0.3) is 0 Å². The van der Waals surface area contributed by atoms with E-state index in [0.29, 0.717) is 29.9 Å². The molecule has 2 N–H and O–H groups in total. The molecule has 0 saturated heterocycles. The van der Waals surface area contributed by atoms with Crippen LogP contribution in [-0.2, 0) is 11.3 Å². The fourth-order valence-electron chi connectivity index (χ4n) is 6.20. The monoisotopic (exact) mass is 444 g/mol. The third-order valence-electron chi connectivity index (χ3n) is 7.38. The summed E-state index contributed by atoms with van der Waals surface area (Å²) >= 11 is 5.45. The van der Waals surface area contributed by atoms with Gasteiger partial charge in [0, 0.05) is 6.54 Å². The molecule has 0 unspecified atom stereocenters. The normalized spacial score (nSPS) is 28.5. The molecule has 1 amide bonds. The Morgan fingerprint density at radius 2 is 1.77 bits per heavy atom. The van der Waals surface area contributed by atoms with Crippen LogP contribution in [0, 0.1) is 29.1 Å². The summed E-state index contributed by atoms with van der Waals surface area (Å²) in [5.41, 5.74) is 0.845. The Kier molecular flexibility index (Phi) is 6.75. The fourth-order valence-corrected chi connectivity index (χ4v) is 6.36. The maximum atomic E-state index is 13.1. The molecular weight excluding hydrogens is 408 g/mol. The second-order valence-electron chi connectivity index (χ2n) is 10.4. The van der Waals surface area contributed by atoms with Gasteiger partial charge in [0.1, 0.15) is 0 Å². The smallest absolute Gasteiger partial charge is 0.232 e. The molecule has 0 spiro atoms. The van der Waals surface area contributed by atoms with E-state index < -0.39 is 0 Å². The number of ether oxygens (including phenoxy) is 2. The van der Waals surface area contributed by atoms with Crippen LogP contribution < -0.4 is 20.1 Å². The lowest BCUT2D eigenvalue weighted by Gasteiger charge is -2.55. The van der Waals surface area contributed by atoms with E-state index in [-0.39, 0.29) is 11.3 Å². The molecule has 5 nitrogen and oxygen atoms in total. The molecule has 4 saturated carbocycles. The van der Waals surface area contributed by atoms with E-state index in [1.54, 1.807) is 7.11 Å². The number of hydrogen-bond donors (Lipinski definition) is 2. The minimum absolute atomic E-state index is 0.135. The molecule has 170 valence electrons. The number of hydrogen-bond acceptors (Lipinski definition) is 4. The van der Waals surface area contributed by atoms with E-state index in [1.165, 1.54) is 19.3 Å². The van der Waals surface area contributed by atoms with Gasteiger partial charge in [-0.2, -0.15) is 0 Å². The van der Waals surface area contributed by atoms with Crippen LogP contribution in [0.4, 0.5) is 0 Å². The summed E-state index contributed by atoms with van der Waals surface area (Å²) in [5.74, 6) is 4.43. The van der Waals surface area contributed by atoms with Gasteiger partial charge in [-0.15, -0.1) is 0 Å². The number of nitrogens with one attached hydrogen (secondary N) is 2. The molecule has 0 aliphatic heterocycles. The lowest BCUT2D eigenvalue weighted by atomic mass is 9.49. The summed E-state index contributed by atoms with van der Waals surface area (Å²) in [6, 6.07) is 5.90. The quantitative estimate of drug-likeness (QED) is 0.563. The Morgan fingerprint density at radius 1 is 1.13 bits per heavy atom. The lowest BCUT2D eigenvalue weighted by molar-refractivity contribution is -0.144. The van der Waals surface area contributed by atoms with E-state index in [2.05, 4.69) is 24.5 Å². The fraction of sp³-hybridized carbons (Fsp3) is 0.680. The van der Waals surface area contributed by atoms with Crippen molar-refractivity contribution in [2.45, 2.75) is 65.3 Å². The molecule has 5 rings (SSSR count). The van der Waals surface area contributed by atoms with Crippen LogP contribution in [0.2, 0.25) is 0 Å². The standard InChI is InChI=1S/C25H36N2O3S/c1-16(2)6-7-30-21-5-4-17(11-22(21)29-3)15-26-24(31)27-23(28)25-12-18-8-19(13-25)10-20(9-18)14-25/h4-5,11,16,18-20H,6-10,12-15H2,1-3H3,(H2,26,27,28,31).